The second-order valence-corrected chi connectivity index (χ2v) is 5.96. The molecule has 0 spiro atoms. The summed E-state index contributed by atoms with van der Waals surface area (Å²) in [5.74, 6) is 0.460. The summed E-state index contributed by atoms with van der Waals surface area (Å²) in [5, 5.41) is 9.30. The number of rotatable bonds is 2. The van der Waals surface area contributed by atoms with Crippen molar-refractivity contribution in [3.05, 3.63) is 17.2 Å². The number of nitrogens with one attached hydrogen (secondary N) is 1. The van der Waals surface area contributed by atoms with Gasteiger partial charge in [-0.2, -0.15) is 0 Å². The van der Waals surface area contributed by atoms with Gasteiger partial charge in [0.25, 0.3) is 0 Å². The van der Waals surface area contributed by atoms with Crippen molar-refractivity contribution in [2.45, 2.75) is 69.6 Å². The predicted molar refractivity (Wildman–Crippen MR) is 72.3 cm³/mol. The average Bonchev–Trinajstić information content (AvgIpc) is 2.65. The number of H-pyrrole nitrogens is 1. The van der Waals surface area contributed by atoms with E-state index in [0.717, 1.165) is 36.5 Å². The van der Waals surface area contributed by atoms with Crippen LogP contribution in [-0.2, 0) is 11.2 Å². The SMILES string of the molecule is O=C(O)C1CCCc2[nH]c(C3CCCCCC3)nc21. The fraction of sp³-hybridized carbons (Fsp3) is 0.733. The largest absolute Gasteiger partial charge is 0.481 e. The molecular formula is C15H22N2O2. The van der Waals surface area contributed by atoms with Gasteiger partial charge in [-0.1, -0.05) is 25.7 Å². The quantitative estimate of drug-likeness (QED) is 0.803. The number of fused-ring (bicyclic) bond motifs is 1. The lowest BCUT2D eigenvalue weighted by atomic mass is 9.90. The van der Waals surface area contributed by atoms with Gasteiger partial charge < -0.3 is 10.1 Å². The molecule has 0 aliphatic heterocycles. The molecule has 0 aromatic carbocycles. The molecule has 1 atom stereocenters. The molecule has 2 aliphatic rings. The van der Waals surface area contributed by atoms with Crippen LogP contribution < -0.4 is 0 Å². The lowest BCUT2D eigenvalue weighted by molar-refractivity contribution is -0.139. The van der Waals surface area contributed by atoms with Crippen LogP contribution in [0.1, 0.15) is 80.4 Å². The number of carboxylic acid groups (broad SMARTS) is 1. The van der Waals surface area contributed by atoms with Crippen molar-refractivity contribution >= 4 is 5.97 Å². The number of aliphatic carboxylic acids is 1. The van der Waals surface area contributed by atoms with Crippen molar-refractivity contribution in [3.63, 3.8) is 0 Å². The highest BCUT2D eigenvalue weighted by molar-refractivity contribution is 5.76. The molecule has 19 heavy (non-hydrogen) atoms. The summed E-state index contributed by atoms with van der Waals surface area (Å²) in [7, 11) is 0. The number of hydrogen-bond acceptors (Lipinski definition) is 2. The monoisotopic (exact) mass is 262 g/mol. The summed E-state index contributed by atoms with van der Waals surface area (Å²) >= 11 is 0. The third kappa shape index (κ3) is 2.53. The van der Waals surface area contributed by atoms with E-state index < -0.39 is 5.97 Å². The van der Waals surface area contributed by atoms with Gasteiger partial charge in [0, 0.05) is 11.6 Å². The maximum Gasteiger partial charge on any atom is 0.312 e. The third-order valence-corrected chi connectivity index (χ3v) is 4.62. The summed E-state index contributed by atoms with van der Waals surface area (Å²) in [6.07, 6.45) is 10.3. The predicted octanol–water partition coefficient (Wildman–Crippen LogP) is 3.35. The van der Waals surface area contributed by atoms with Crippen molar-refractivity contribution in [1.29, 1.82) is 0 Å². The van der Waals surface area contributed by atoms with E-state index in [1.165, 1.54) is 38.5 Å². The number of carboxylic acids is 1. The van der Waals surface area contributed by atoms with Crippen LogP contribution in [0.25, 0.3) is 0 Å². The highest BCUT2D eigenvalue weighted by Crippen LogP contribution is 2.35. The summed E-state index contributed by atoms with van der Waals surface area (Å²) in [6.45, 7) is 0. The van der Waals surface area contributed by atoms with Gasteiger partial charge in [0.05, 0.1) is 5.69 Å². The number of nitrogens with zero attached hydrogens (tertiary/aromatic N) is 1. The third-order valence-electron chi connectivity index (χ3n) is 4.62. The molecule has 1 heterocycles. The van der Waals surface area contributed by atoms with Crippen LogP contribution in [-0.4, -0.2) is 21.0 Å². The summed E-state index contributed by atoms with van der Waals surface area (Å²) in [6, 6.07) is 0. The van der Waals surface area contributed by atoms with E-state index in [1.807, 2.05) is 0 Å². The molecular weight excluding hydrogens is 240 g/mol. The van der Waals surface area contributed by atoms with Gasteiger partial charge in [0.15, 0.2) is 0 Å². The number of carbonyl (C=O) groups is 1. The van der Waals surface area contributed by atoms with E-state index in [1.54, 1.807) is 0 Å². The second-order valence-electron chi connectivity index (χ2n) is 5.96. The van der Waals surface area contributed by atoms with Crippen LogP contribution in [0.3, 0.4) is 0 Å². The van der Waals surface area contributed by atoms with Crippen molar-refractivity contribution in [1.82, 2.24) is 9.97 Å². The van der Waals surface area contributed by atoms with Crippen LogP contribution >= 0.6 is 0 Å². The summed E-state index contributed by atoms with van der Waals surface area (Å²) < 4.78 is 0. The highest BCUT2D eigenvalue weighted by Gasteiger charge is 2.31. The molecule has 0 radical (unpaired) electrons. The van der Waals surface area contributed by atoms with E-state index >= 15 is 0 Å². The maximum atomic E-state index is 11.3. The molecule has 3 rings (SSSR count). The van der Waals surface area contributed by atoms with Crippen molar-refractivity contribution in [2.75, 3.05) is 0 Å². The molecule has 1 aromatic heterocycles. The molecule has 4 nitrogen and oxygen atoms in total. The van der Waals surface area contributed by atoms with Gasteiger partial charge in [-0.15, -0.1) is 0 Å². The molecule has 4 heteroatoms. The molecule has 1 fully saturated rings. The molecule has 0 saturated heterocycles. The number of aromatic amines is 1. The first-order chi connectivity index (χ1) is 9.25. The topological polar surface area (TPSA) is 66.0 Å². The zero-order valence-corrected chi connectivity index (χ0v) is 11.3. The van der Waals surface area contributed by atoms with Crippen LogP contribution in [0.15, 0.2) is 0 Å². The molecule has 1 saturated carbocycles. The zero-order chi connectivity index (χ0) is 13.2. The van der Waals surface area contributed by atoms with E-state index in [-0.39, 0.29) is 5.92 Å². The number of hydrogen-bond donors (Lipinski definition) is 2. The molecule has 104 valence electrons. The van der Waals surface area contributed by atoms with Crippen molar-refractivity contribution in [3.8, 4) is 0 Å². The van der Waals surface area contributed by atoms with Crippen molar-refractivity contribution in [2.24, 2.45) is 0 Å². The summed E-state index contributed by atoms with van der Waals surface area (Å²) in [4.78, 5) is 19.4. The van der Waals surface area contributed by atoms with E-state index in [2.05, 4.69) is 9.97 Å². The Bertz CT molecular complexity index is 459. The summed E-state index contributed by atoms with van der Waals surface area (Å²) in [5.41, 5.74) is 1.90. The Hall–Kier alpha value is -1.32. The van der Waals surface area contributed by atoms with Crippen LogP contribution in [0.2, 0.25) is 0 Å². The van der Waals surface area contributed by atoms with Gasteiger partial charge in [-0.25, -0.2) is 4.98 Å². The molecule has 2 aliphatic carbocycles. The zero-order valence-electron chi connectivity index (χ0n) is 11.3. The minimum Gasteiger partial charge on any atom is -0.481 e. The van der Waals surface area contributed by atoms with E-state index in [0.29, 0.717) is 5.92 Å². The lowest BCUT2D eigenvalue weighted by Crippen LogP contribution is -2.17. The Balaban J connectivity index is 1.86. The Morgan fingerprint density at radius 3 is 2.53 bits per heavy atom. The maximum absolute atomic E-state index is 11.3. The molecule has 2 N–H and O–H groups in total. The van der Waals surface area contributed by atoms with Gasteiger partial charge in [0.1, 0.15) is 11.7 Å². The Labute approximate surface area is 113 Å². The number of aromatic nitrogens is 2. The fourth-order valence-electron chi connectivity index (χ4n) is 3.53. The molecule has 0 amide bonds. The lowest BCUT2D eigenvalue weighted by Gasteiger charge is -2.16. The first-order valence-electron chi connectivity index (χ1n) is 7.57. The fourth-order valence-corrected chi connectivity index (χ4v) is 3.53. The number of aryl methyl sites for hydroxylation is 1. The molecule has 1 unspecified atom stereocenters. The van der Waals surface area contributed by atoms with Crippen LogP contribution in [0.5, 0.6) is 0 Å². The van der Waals surface area contributed by atoms with Crippen molar-refractivity contribution < 1.29 is 9.90 Å². The van der Waals surface area contributed by atoms with Gasteiger partial charge in [0.2, 0.25) is 0 Å². The smallest absolute Gasteiger partial charge is 0.312 e. The van der Waals surface area contributed by atoms with E-state index in [4.69, 9.17) is 0 Å². The van der Waals surface area contributed by atoms with Gasteiger partial charge in [-0.05, 0) is 32.1 Å². The van der Waals surface area contributed by atoms with E-state index in [9.17, 15) is 9.90 Å². The minimum absolute atomic E-state index is 0.389. The van der Waals surface area contributed by atoms with Gasteiger partial charge in [-0.3, -0.25) is 4.79 Å². The first kappa shape index (κ1) is 12.7. The minimum atomic E-state index is -0.722. The number of imidazole rings is 1. The normalized spacial score (nSPS) is 24.7. The Morgan fingerprint density at radius 1 is 1.11 bits per heavy atom. The Kier molecular flexibility index (Phi) is 3.58. The highest BCUT2D eigenvalue weighted by atomic mass is 16.4. The average molecular weight is 262 g/mol. The van der Waals surface area contributed by atoms with Crippen LogP contribution in [0, 0.1) is 0 Å². The molecule has 0 bridgehead atoms. The standard InChI is InChI=1S/C15H22N2O2/c18-15(19)11-8-5-9-12-13(11)17-14(16-12)10-6-3-1-2-4-7-10/h10-11H,1-9H2,(H,16,17)(H,18,19). The van der Waals surface area contributed by atoms with Gasteiger partial charge >= 0.3 is 5.97 Å². The second kappa shape index (κ2) is 5.35. The molecule has 1 aromatic rings. The Morgan fingerprint density at radius 2 is 1.84 bits per heavy atom. The van der Waals surface area contributed by atoms with Crippen LogP contribution in [0.4, 0.5) is 0 Å². The first-order valence-corrected chi connectivity index (χ1v) is 7.57.